The minimum Gasteiger partial charge on any atom is -0.354 e. The zero-order chi connectivity index (χ0) is 19.3. The Kier molecular flexibility index (Phi) is 6.41. The van der Waals surface area contributed by atoms with Crippen molar-refractivity contribution in [3.05, 3.63) is 85.1 Å². The molecule has 0 unspecified atom stereocenters. The zero-order valence-electron chi connectivity index (χ0n) is 16.4. The van der Waals surface area contributed by atoms with Crippen molar-refractivity contribution in [2.45, 2.75) is 34.1 Å². The first-order chi connectivity index (χ1) is 12.5. The van der Waals surface area contributed by atoms with Crippen molar-refractivity contribution >= 4 is 22.0 Å². The maximum atomic E-state index is 4.18. The first-order valence-corrected chi connectivity index (χ1v) is 9.06. The summed E-state index contributed by atoms with van der Waals surface area (Å²) in [6, 6.07) is 17.2. The summed E-state index contributed by atoms with van der Waals surface area (Å²) in [7, 11) is 0. The van der Waals surface area contributed by atoms with Crippen molar-refractivity contribution in [2.24, 2.45) is 0 Å². The maximum absolute atomic E-state index is 4.18. The third-order valence-electron chi connectivity index (χ3n) is 4.59. The lowest BCUT2D eigenvalue weighted by Crippen LogP contribution is -1.90. The lowest BCUT2D eigenvalue weighted by atomic mass is 9.93. The fourth-order valence-corrected chi connectivity index (χ4v) is 3.42. The van der Waals surface area contributed by atoms with Crippen molar-refractivity contribution in [3.63, 3.8) is 0 Å². The summed E-state index contributed by atoms with van der Waals surface area (Å²) in [5, 5.41) is 1.28. The summed E-state index contributed by atoms with van der Waals surface area (Å²) in [4.78, 5) is 3.58. The van der Waals surface area contributed by atoms with E-state index in [0.717, 1.165) is 17.7 Å². The van der Waals surface area contributed by atoms with E-state index in [0.29, 0.717) is 0 Å². The minimum absolute atomic E-state index is 1.02. The Morgan fingerprint density at radius 1 is 0.923 bits per heavy atom. The Bertz CT molecular complexity index is 935. The van der Waals surface area contributed by atoms with Crippen LogP contribution < -0.4 is 0 Å². The van der Waals surface area contributed by atoms with Crippen molar-refractivity contribution in [2.75, 3.05) is 0 Å². The number of hydrogen-bond donors (Lipinski definition) is 1. The number of benzene rings is 2. The lowest BCUT2D eigenvalue weighted by Gasteiger charge is -2.11. The normalized spacial score (nSPS) is 10.2. The molecule has 1 heterocycles. The highest BCUT2D eigenvalue weighted by Gasteiger charge is 2.16. The summed E-state index contributed by atoms with van der Waals surface area (Å²) in [5.41, 5.74) is 10.0. The Hall–Kier alpha value is -2.80. The molecule has 26 heavy (non-hydrogen) atoms. The molecule has 134 valence electrons. The molecule has 0 saturated heterocycles. The van der Waals surface area contributed by atoms with E-state index in [1.54, 1.807) is 0 Å². The Morgan fingerprint density at radius 3 is 2.12 bits per heavy atom. The van der Waals surface area contributed by atoms with Crippen molar-refractivity contribution in [1.82, 2.24) is 4.98 Å². The number of fused-ring (bicyclic) bond motifs is 1. The van der Waals surface area contributed by atoms with Gasteiger partial charge in [0, 0.05) is 22.2 Å². The molecule has 1 N–H and O–H groups in total. The second-order valence-electron chi connectivity index (χ2n) is 6.61. The Balaban J connectivity index is 0.00000117. The molecule has 0 aliphatic heterocycles. The van der Waals surface area contributed by atoms with Crippen LogP contribution in [0.1, 0.15) is 45.4 Å². The molecule has 1 nitrogen and oxygen atoms in total. The van der Waals surface area contributed by atoms with Gasteiger partial charge in [0.1, 0.15) is 0 Å². The van der Waals surface area contributed by atoms with Gasteiger partial charge in [-0.15, -0.1) is 13.2 Å². The van der Waals surface area contributed by atoms with Gasteiger partial charge in [0.05, 0.1) is 0 Å². The first-order valence-electron chi connectivity index (χ1n) is 9.06. The van der Waals surface area contributed by atoms with Crippen molar-refractivity contribution < 1.29 is 0 Å². The van der Waals surface area contributed by atoms with Crippen LogP contribution in [0.2, 0.25) is 0 Å². The number of aromatic nitrogens is 1. The van der Waals surface area contributed by atoms with E-state index < -0.39 is 0 Å². The van der Waals surface area contributed by atoms with E-state index in [4.69, 9.17) is 0 Å². The van der Waals surface area contributed by atoms with Gasteiger partial charge in [-0.2, -0.15) is 0 Å². The van der Waals surface area contributed by atoms with Crippen LogP contribution in [0.5, 0.6) is 0 Å². The van der Waals surface area contributed by atoms with Gasteiger partial charge in [0.2, 0.25) is 0 Å². The molecule has 0 aliphatic rings. The van der Waals surface area contributed by atoms with Crippen LogP contribution in [-0.2, 0) is 0 Å². The highest BCUT2D eigenvalue weighted by atomic mass is 14.7. The van der Waals surface area contributed by atoms with Crippen LogP contribution in [0.4, 0.5) is 0 Å². The van der Waals surface area contributed by atoms with Crippen LogP contribution in [0.15, 0.2) is 73.8 Å². The van der Waals surface area contributed by atoms with Gasteiger partial charge in [-0.1, -0.05) is 55.5 Å². The van der Waals surface area contributed by atoms with Gasteiger partial charge in [-0.05, 0) is 61.6 Å². The van der Waals surface area contributed by atoms with Crippen molar-refractivity contribution in [1.29, 1.82) is 0 Å². The quantitative estimate of drug-likeness (QED) is 0.464. The van der Waals surface area contributed by atoms with E-state index >= 15 is 0 Å². The molecule has 1 heteroatoms. The SMILES string of the molecule is C=C.C=C(C)c1[nH]c2ccc(-c3ccccc3)cc2c1C(CC)=C(C)C. The largest absolute Gasteiger partial charge is 0.354 e. The minimum atomic E-state index is 1.02. The van der Waals surface area contributed by atoms with Crippen LogP contribution in [-0.4, -0.2) is 4.98 Å². The molecule has 0 radical (unpaired) electrons. The molecular weight excluding hydrogens is 314 g/mol. The number of aromatic amines is 1. The Morgan fingerprint density at radius 2 is 1.58 bits per heavy atom. The highest BCUT2D eigenvalue weighted by Crippen LogP contribution is 2.37. The molecule has 0 aliphatic carbocycles. The number of hydrogen-bond acceptors (Lipinski definition) is 0. The number of rotatable bonds is 4. The van der Waals surface area contributed by atoms with E-state index in [1.807, 2.05) is 0 Å². The predicted octanol–water partition coefficient (Wildman–Crippen LogP) is 7.87. The summed E-state index contributed by atoms with van der Waals surface area (Å²) >= 11 is 0. The summed E-state index contributed by atoms with van der Waals surface area (Å²) in [6.07, 6.45) is 1.02. The van der Waals surface area contributed by atoms with E-state index in [9.17, 15) is 0 Å². The molecular formula is C25H29N. The fraction of sp³-hybridized carbons (Fsp3) is 0.200. The monoisotopic (exact) mass is 343 g/mol. The third-order valence-corrected chi connectivity index (χ3v) is 4.59. The second-order valence-corrected chi connectivity index (χ2v) is 6.61. The average molecular weight is 344 g/mol. The molecule has 0 saturated carbocycles. The molecule has 0 bridgehead atoms. The summed E-state index contributed by atoms with van der Waals surface area (Å²) in [6.45, 7) is 18.9. The Labute approximate surface area is 157 Å². The van der Waals surface area contributed by atoms with Gasteiger partial charge < -0.3 is 4.98 Å². The van der Waals surface area contributed by atoms with Crippen molar-refractivity contribution in [3.8, 4) is 11.1 Å². The highest BCUT2D eigenvalue weighted by molar-refractivity contribution is 6.00. The molecule has 1 aromatic heterocycles. The van der Waals surface area contributed by atoms with Gasteiger partial charge in [-0.25, -0.2) is 0 Å². The average Bonchev–Trinajstić information content (AvgIpc) is 3.03. The molecule has 0 fully saturated rings. The van der Waals surface area contributed by atoms with E-state index in [2.05, 4.69) is 101 Å². The summed E-state index contributed by atoms with van der Waals surface area (Å²) < 4.78 is 0. The molecule has 3 aromatic rings. The number of nitrogens with one attached hydrogen (secondary N) is 1. The van der Waals surface area contributed by atoms with Crippen LogP contribution in [0.3, 0.4) is 0 Å². The summed E-state index contributed by atoms with van der Waals surface area (Å²) in [5.74, 6) is 0. The van der Waals surface area contributed by atoms with E-state index in [1.165, 1.54) is 38.7 Å². The predicted molar refractivity (Wildman–Crippen MR) is 118 cm³/mol. The zero-order valence-corrected chi connectivity index (χ0v) is 16.4. The van der Waals surface area contributed by atoms with Gasteiger partial charge >= 0.3 is 0 Å². The van der Waals surface area contributed by atoms with Crippen LogP contribution in [0.25, 0.3) is 33.2 Å². The smallest absolute Gasteiger partial charge is 0.0491 e. The molecule has 0 atom stereocenters. The third kappa shape index (κ3) is 3.72. The first kappa shape index (κ1) is 19.5. The fourth-order valence-electron chi connectivity index (χ4n) is 3.42. The van der Waals surface area contributed by atoms with E-state index in [-0.39, 0.29) is 0 Å². The topological polar surface area (TPSA) is 15.8 Å². The van der Waals surface area contributed by atoms with Gasteiger partial charge in [0.25, 0.3) is 0 Å². The second kappa shape index (κ2) is 8.53. The molecule has 2 aromatic carbocycles. The molecule has 3 rings (SSSR count). The molecule has 0 spiro atoms. The number of allylic oxidation sites excluding steroid dienone is 3. The van der Waals surface area contributed by atoms with Crippen LogP contribution >= 0.6 is 0 Å². The number of H-pyrrole nitrogens is 1. The van der Waals surface area contributed by atoms with Crippen LogP contribution in [0, 0.1) is 0 Å². The lowest BCUT2D eigenvalue weighted by molar-refractivity contribution is 1.19. The van der Waals surface area contributed by atoms with Gasteiger partial charge in [-0.3, -0.25) is 0 Å². The molecule has 0 amide bonds. The maximum Gasteiger partial charge on any atom is 0.0491 e. The standard InChI is InChI=1S/C23H25N.C2H4/c1-6-19(15(2)3)22-20-14-18(17-10-8-7-9-11-17)12-13-21(20)24-23(22)16(4)5;1-2/h7-14,24H,4,6H2,1-3,5H3;1-2H2. The van der Waals surface area contributed by atoms with Gasteiger partial charge in [0.15, 0.2) is 0 Å².